The number of rotatable bonds is 4. The number of anilines is 3. The summed E-state index contributed by atoms with van der Waals surface area (Å²) in [6.07, 6.45) is 0. The summed E-state index contributed by atoms with van der Waals surface area (Å²) in [6, 6.07) is 72.7. The van der Waals surface area contributed by atoms with Crippen molar-refractivity contribution in [1.82, 2.24) is 0 Å². The Morgan fingerprint density at radius 2 is 1.04 bits per heavy atom. The maximum Gasteiger partial charge on any atom is 0.140 e. The topological polar surface area (TPSA) is 12.5 Å². The van der Waals surface area contributed by atoms with Gasteiger partial charge < -0.3 is 9.64 Å². The van der Waals surface area contributed by atoms with Crippen LogP contribution in [0.5, 0.6) is 11.5 Å². The average molecular weight is 676 g/mol. The molecular formula is C51H33NO. The highest BCUT2D eigenvalue weighted by Gasteiger charge is 2.52. The largest absolute Gasteiger partial charge is 0.456 e. The van der Waals surface area contributed by atoms with Crippen LogP contribution >= 0.6 is 0 Å². The SMILES string of the molecule is c1ccc(-c2ccc(N(c3ccc4ccccc4c3)c3cccc4c3-c3ccccc3C43c4ccccc4Oc4c3ccc3ccccc43)cc2)cc1. The summed E-state index contributed by atoms with van der Waals surface area (Å²) in [7, 11) is 0. The van der Waals surface area contributed by atoms with Crippen LogP contribution in [0.2, 0.25) is 0 Å². The molecule has 0 saturated carbocycles. The molecule has 0 radical (unpaired) electrons. The quantitative estimate of drug-likeness (QED) is 0.184. The van der Waals surface area contributed by atoms with Crippen molar-refractivity contribution in [1.29, 1.82) is 0 Å². The van der Waals surface area contributed by atoms with E-state index in [9.17, 15) is 0 Å². The van der Waals surface area contributed by atoms with E-state index in [1.165, 1.54) is 55.1 Å². The minimum absolute atomic E-state index is 0.581. The number of hydrogen-bond donors (Lipinski definition) is 0. The van der Waals surface area contributed by atoms with Gasteiger partial charge in [-0.15, -0.1) is 0 Å². The zero-order valence-corrected chi connectivity index (χ0v) is 28.9. The van der Waals surface area contributed by atoms with Crippen LogP contribution in [0, 0.1) is 0 Å². The third-order valence-electron chi connectivity index (χ3n) is 11.3. The molecule has 9 aromatic rings. The van der Waals surface area contributed by atoms with Crippen molar-refractivity contribution in [2.24, 2.45) is 0 Å². The first-order chi connectivity index (χ1) is 26.3. The average Bonchev–Trinajstić information content (AvgIpc) is 3.52. The lowest BCUT2D eigenvalue weighted by Crippen LogP contribution is -2.32. The van der Waals surface area contributed by atoms with E-state index in [1.807, 2.05) is 0 Å². The van der Waals surface area contributed by atoms with Crippen molar-refractivity contribution < 1.29 is 4.74 Å². The Hall–Kier alpha value is -6.90. The fourth-order valence-corrected chi connectivity index (χ4v) is 9.02. The first-order valence-corrected chi connectivity index (χ1v) is 18.3. The lowest BCUT2D eigenvalue weighted by molar-refractivity contribution is 0.441. The maximum absolute atomic E-state index is 6.90. The highest BCUT2D eigenvalue weighted by atomic mass is 16.5. The molecule has 2 aliphatic rings. The molecule has 0 fully saturated rings. The highest BCUT2D eigenvalue weighted by molar-refractivity contribution is 6.01. The molecule has 0 saturated heterocycles. The van der Waals surface area contributed by atoms with Crippen molar-refractivity contribution >= 4 is 38.6 Å². The fraction of sp³-hybridized carbons (Fsp3) is 0.0196. The van der Waals surface area contributed by atoms with E-state index >= 15 is 0 Å². The molecule has 2 nitrogen and oxygen atoms in total. The standard InChI is InChI=1S/C51H33NO/c1-2-13-34(14-3-1)36-25-29-39(30-26-36)52(40-31-27-35-15-4-5-17-38(35)33-40)47-23-12-22-45-49(47)42-19-8-9-20-43(42)51(45)44-21-10-11-24-48(44)53-50-41-18-7-6-16-37(41)28-32-46(50)51/h1-33H. The van der Waals surface area contributed by atoms with Gasteiger partial charge in [-0.2, -0.15) is 0 Å². The molecule has 9 aromatic carbocycles. The van der Waals surface area contributed by atoms with Crippen molar-refractivity contribution in [3.8, 4) is 33.8 Å². The van der Waals surface area contributed by atoms with E-state index in [0.29, 0.717) is 0 Å². The predicted octanol–water partition coefficient (Wildman–Crippen LogP) is 13.6. The second-order valence-corrected chi connectivity index (χ2v) is 14.0. The van der Waals surface area contributed by atoms with Crippen LogP contribution in [0.15, 0.2) is 200 Å². The molecule has 248 valence electrons. The summed E-state index contributed by atoms with van der Waals surface area (Å²) in [6.45, 7) is 0. The van der Waals surface area contributed by atoms with Crippen LogP contribution in [-0.2, 0) is 5.41 Å². The van der Waals surface area contributed by atoms with E-state index < -0.39 is 5.41 Å². The van der Waals surface area contributed by atoms with Gasteiger partial charge in [-0.05, 0) is 80.4 Å². The Kier molecular flexibility index (Phi) is 6.50. The van der Waals surface area contributed by atoms with Gasteiger partial charge in [0.15, 0.2) is 0 Å². The van der Waals surface area contributed by atoms with E-state index in [0.717, 1.165) is 39.5 Å². The number of fused-ring (bicyclic) bond motifs is 12. The summed E-state index contributed by atoms with van der Waals surface area (Å²) < 4.78 is 6.90. The molecule has 0 N–H and O–H groups in total. The molecule has 11 rings (SSSR count). The maximum atomic E-state index is 6.90. The molecule has 1 unspecified atom stereocenters. The van der Waals surface area contributed by atoms with Crippen molar-refractivity contribution in [2.45, 2.75) is 5.41 Å². The minimum atomic E-state index is -0.581. The van der Waals surface area contributed by atoms with E-state index in [1.54, 1.807) is 0 Å². The van der Waals surface area contributed by atoms with Gasteiger partial charge in [0.1, 0.15) is 11.5 Å². The number of nitrogens with zero attached hydrogens (tertiary/aromatic N) is 1. The van der Waals surface area contributed by atoms with Crippen molar-refractivity contribution in [3.05, 3.63) is 222 Å². The van der Waals surface area contributed by atoms with Crippen molar-refractivity contribution in [3.63, 3.8) is 0 Å². The molecule has 1 heterocycles. The Morgan fingerprint density at radius 3 is 1.91 bits per heavy atom. The lowest BCUT2D eigenvalue weighted by Gasteiger charge is -2.40. The second-order valence-electron chi connectivity index (χ2n) is 14.0. The third kappa shape index (κ3) is 4.33. The smallest absolute Gasteiger partial charge is 0.140 e. The van der Waals surface area contributed by atoms with Gasteiger partial charge >= 0.3 is 0 Å². The monoisotopic (exact) mass is 675 g/mol. The molecule has 1 spiro atoms. The predicted molar refractivity (Wildman–Crippen MR) is 219 cm³/mol. The summed E-state index contributed by atoms with van der Waals surface area (Å²) in [5.74, 6) is 1.82. The van der Waals surface area contributed by atoms with Crippen LogP contribution < -0.4 is 9.64 Å². The van der Waals surface area contributed by atoms with Gasteiger partial charge in [-0.25, -0.2) is 0 Å². The number of para-hydroxylation sites is 1. The summed E-state index contributed by atoms with van der Waals surface area (Å²) in [5, 5.41) is 4.72. The Bertz CT molecular complexity index is 2870. The minimum Gasteiger partial charge on any atom is -0.456 e. The molecule has 0 bridgehead atoms. The van der Waals surface area contributed by atoms with Gasteiger partial charge in [0.25, 0.3) is 0 Å². The Morgan fingerprint density at radius 1 is 0.396 bits per heavy atom. The highest BCUT2D eigenvalue weighted by Crippen LogP contribution is 2.64. The number of hydrogen-bond acceptors (Lipinski definition) is 2. The summed E-state index contributed by atoms with van der Waals surface area (Å²) in [5.41, 5.74) is 12.5. The zero-order chi connectivity index (χ0) is 34.9. The zero-order valence-electron chi connectivity index (χ0n) is 28.9. The second kappa shape index (κ2) is 11.6. The van der Waals surface area contributed by atoms with Gasteiger partial charge in [0.05, 0.1) is 11.1 Å². The summed E-state index contributed by atoms with van der Waals surface area (Å²) in [4.78, 5) is 2.45. The Labute approximate surface area is 308 Å². The molecule has 1 atom stereocenters. The van der Waals surface area contributed by atoms with Crippen LogP contribution in [0.25, 0.3) is 43.8 Å². The molecule has 0 amide bonds. The summed E-state index contributed by atoms with van der Waals surface area (Å²) >= 11 is 0. The van der Waals surface area contributed by atoms with Gasteiger partial charge in [-0.1, -0.05) is 164 Å². The van der Waals surface area contributed by atoms with Gasteiger partial charge in [-0.3, -0.25) is 0 Å². The third-order valence-corrected chi connectivity index (χ3v) is 11.3. The van der Waals surface area contributed by atoms with E-state index in [4.69, 9.17) is 4.74 Å². The first kappa shape index (κ1) is 29.8. The number of ether oxygens (including phenoxy) is 1. The van der Waals surface area contributed by atoms with Gasteiger partial charge in [0.2, 0.25) is 0 Å². The molecule has 1 aliphatic carbocycles. The van der Waals surface area contributed by atoms with Crippen molar-refractivity contribution in [2.75, 3.05) is 4.90 Å². The normalized spacial score (nSPS) is 15.0. The van der Waals surface area contributed by atoms with E-state index in [2.05, 4.69) is 205 Å². The molecule has 0 aromatic heterocycles. The molecule has 1 aliphatic heterocycles. The first-order valence-electron chi connectivity index (χ1n) is 18.3. The Balaban J connectivity index is 1.21. The van der Waals surface area contributed by atoms with Crippen LogP contribution in [0.3, 0.4) is 0 Å². The van der Waals surface area contributed by atoms with Crippen LogP contribution in [0.4, 0.5) is 17.1 Å². The number of benzene rings is 9. The van der Waals surface area contributed by atoms with Gasteiger partial charge in [0, 0.05) is 33.5 Å². The fourth-order valence-electron chi connectivity index (χ4n) is 9.02. The lowest BCUT2D eigenvalue weighted by atomic mass is 9.65. The van der Waals surface area contributed by atoms with Crippen LogP contribution in [-0.4, -0.2) is 0 Å². The van der Waals surface area contributed by atoms with Crippen LogP contribution in [0.1, 0.15) is 22.3 Å². The molecular weight excluding hydrogens is 643 g/mol. The van der Waals surface area contributed by atoms with E-state index in [-0.39, 0.29) is 0 Å². The molecule has 53 heavy (non-hydrogen) atoms. The molecule has 2 heteroatoms.